The molecule has 1 aliphatic rings. The Morgan fingerprint density at radius 1 is 1.39 bits per heavy atom. The number of halogens is 1. The van der Waals surface area contributed by atoms with E-state index in [4.69, 9.17) is 4.74 Å². The molecular weight excluding hydrogens is 233 g/mol. The van der Waals surface area contributed by atoms with Crippen molar-refractivity contribution in [3.8, 4) is 0 Å². The molecule has 98 valence electrons. The van der Waals surface area contributed by atoms with Gasteiger partial charge in [-0.25, -0.2) is 4.39 Å². The predicted molar refractivity (Wildman–Crippen MR) is 66.8 cm³/mol. The maximum absolute atomic E-state index is 13.5. The first kappa shape index (κ1) is 13.0. The molecule has 18 heavy (non-hydrogen) atoms. The molecule has 2 rings (SSSR count). The van der Waals surface area contributed by atoms with E-state index >= 15 is 0 Å². The third kappa shape index (κ3) is 3.07. The van der Waals surface area contributed by atoms with Gasteiger partial charge in [-0.15, -0.1) is 0 Å². The Balaban J connectivity index is 2.08. The Labute approximate surface area is 107 Å². The number of ether oxygens (including phenoxy) is 1. The second-order valence-electron chi connectivity index (χ2n) is 4.63. The molecule has 1 saturated heterocycles. The highest BCUT2D eigenvalue weighted by atomic mass is 19.1. The number of likely N-dealkylation sites (tertiary alicyclic amines) is 1. The number of benzene rings is 1. The summed E-state index contributed by atoms with van der Waals surface area (Å²) in [5.74, 6) is -0.266. The Morgan fingerprint density at radius 3 is 2.78 bits per heavy atom. The number of piperidine rings is 1. The van der Waals surface area contributed by atoms with Gasteiger partial charge < -0.3 is 4.74 Å². The number of rotatable bonds is 3. The molecule has 3 nitrogen and oxygen atoms in total. The lowest BCUT2D eigenvalue weighted by atomic mass is 10.00. The summed E-state index contributed by atoms with van der Waals surface area (Å²) in [5, 5.41) is 0. The molecule has 0 N–H and O–H groups in total. The molecule has 2 unspecified atom stereocenters. The van der Waals surface area contributed by atoms with Crippen LogP contribution in [0, 0.1) is 0 Å². The first-order chi connectivity index (χ1) is 8.70. The first-order valence-electron chi connectivity index (χ1n) is 6.20. The molecule has 0 bridgehead atoms. The number of carbonyl (C=O) groups is 1. The third-order valence-electron chi connectivity index (χ3n) is 3.33. The zero-order chi connectivity index (χ0) is 13.0. The minimum atomic E-state index is -0.852. The summed E-state index contributed by atoms with van der Waals surface area (Å²) in [6.07, 6.45) is 0.112. The van der Waals surface area contributed by atoms with E-state index < -0.39 is 6.17 Å². The molecule has 0 radical (unpaired) electrons. The predicted octanol–water partition coefficient (Wildman–Crippen LogP) is 2.16. The summed E-state index contributed by atoms with van der Waals surface area (Å²) in [7, 11) is 1.38. The fourth-order valence-electron chi connectivity index (χ4n) is 2.39. The number of methoxy groups -OCH3 is 1. The van der Waals surface area contributed by atoms with Crippen LogP contribution in [0.4, 0.5) is 4.39 Å². The van der Waals surface area contributed by atoms with E-state index in [1.165, 1.54) is 7.11 Å². The molecule has 0 aromatic heterocycles. The molecule has 1 aromatic rings. The van der Waals surface area contributed by atoms with Crippen LogP contribution in [0.2, 0.25) is 0 Å². The summed E-state index contributed by atoms with van der Waals surface area (Å²) >= 11 is 0. The molecule has 0 saturated carbocycles. The van der Waals surface area contributed by atoms with Crippen LogP contribution in [0.5, 0.6) is 0 Å². The van der Waals surface area contributed by atoms with Crippen molar-refractivity contribution in [3.05, 3.63) is 35.9 Å². The van der Waals surface area contributed by atoms with Gasteiger partial charge in [0.2, 0.25) is 0 Å². The van der Waals surface area contributed by atoms with E-state index in [2.05, 4.69) is 0 Å². The maximum atomic E-state index is 13.5. The number of hydrogen-bond donors (Lipinski definition) is 0. The lowest BCUT2D eigenvalue weighted by molar-refractivity contribution is -0.149. The van der Waals surface area contributed by atoms with Crippen molar-refractivity contribution < 1.29 is 13.9 Å². The minimum Gasteiger partial charge on any atom is -0.468 e. The van der Waals surface area contributed by atoms with Gasteiger partial charge in [0.1, 0.15) is 12.2 Å². The van der Waals surface area contributed by atoms with Crippen LogP contribution in [-0.2, 0) is 16.1 Å². The maximum Gasteiger partial charge on any atom is 0.323 e. The largest absolute Gasteiger partial charge is 0.468 e. The van der Waals surface area contributed by atoms with E-state index in [0.717, 1.165) is 5.56 Å². The van der Waals surface area contributed by atoms with Gasteiger partial charge in [0.05, 0.1) is 7.11 Å². The fourth-order valence-corrected chi connectivity index (χ4v) is 2.39. The summed E-state index contributed by atoms with van der Waals surface area (Å²) in [4.78, 5) is 13.6. The van der Waals surface area contributed by atoms with E-state index in [-0.39, 0.29) is 12.0 Å². The number of hydrogen-bond acceptors (Lipinski definition) is 3. The van der Waals surface area contributed by atoms with Gasteiger partial charge in [0.15, 0.2) is 0 Å². The molecule has 1 fully saturated rings. The monoisotopic (exact) mass is 251 g/mol. The highest BCUT2D eigenvalue weighted by Gasteiger charge is 2.33. The van der Waals surface area contributed by atoms with Gasteiger partial charge in [0, 0.05) is 13.1 Å². The van der Waals surface area contributed by atoms with Crippen molar-refractivity contribution in [1.82, 2.24) is 4.90 Å². The first-order valence-corrected chi connectivity index (χ1v) is 6.20. The van der Waals surface area contributed by atoms with Crippen molar-refractivity contribution in [2.24, 2.45) is 0 Å². The molecule has 1 heterocycles. The Kier molecular flexibility index (Phi) is 4.31. The smallest absolute Gasteiger partial charge is 0.323 e. The number of nitrogens with zero attached hydrogens (tertiary/aromatic N) is 1. The average molecular weight is 251 g/mol. The van der Waals surface area contributed by atoms with Gasteiger partial charge in [-0.3, -0.25) is 9.69 Å². The number of esters is 1. The van der Waals surface area contributed by atoms with Crippen molar-refractivity contribution in [3.63, 3.8) is 0 Å². The van der Waals surface area contributed by atoms with E-state index in [1.54, 1.807) is 0 Å². The van der Waals surface area contributed by atoms with Gasteiger partial charge in [0.25, 0.3) is 0 Å². The van der Waals surface area contributed by atoms with Crippen molar-refractivity contribution >= 4 is 5.97 Å². The highest BCUT2D eigenvalue weighted by molar-refractivity contribution is 5.75. The van der Waals surface area contributed by atoms with Crippen LogP contribution >= 0.6 is 0 Å². The molecule has 1 aromatic carbocycles. The summed E-state index contributed by atoms with van der Waals surface area (Å²) in [6, 6.07) is 9.47. The fraction of sp³-hybridized carbons (Fsp3) is 0.500. The quantitative estimate of drug-likeness (QED) is 0.771. The SMILES string of the molecule is COC(=O)C1CCC(F)CN1Cc1ccccc1. The van der Waals surface area contributed by atoms with Gasteiger partial charge >= 0.3 is 5.97 Å². The van der Waals surface area contributed by atoms with Crippen LogP contribution in [0.3, 0.4) is 0 Å². The molecule has 2 atom stereocenters. The minimum absolute atomic E-state index is 0.266. The van der Waals surface area contributed by atoms with E-state index in [9.17, 15) is 9.18 Å². The van der Waals surface area contributed by atoms with Gasteiger partial charge in [-0.1, -0.05) is 30.3 Å². The van der Waals surface area contributed by atoms with E-state index in [1.807, 2.05) is 35.2 Å². The Hall–Kier alpha value is -1.42. The summed E-state index contributed by atoms with van der Waals surface area (Å²) in [5.41, 5.74) is 1.08. The topological polar surface area (TPSA) is 29.5 Å². The lowest BCUT2D eigenvalue weighted by Crippen LogP contribution is -2.48. The van der Waals surface area contributed by atoms with Crippen LogP contribution in [-0.4, -0.2) is 36.7 Å². The molecule has 4 heteroatoms. The van der Waals surface area contributed by atoms with Crippen molar-refractivity contribution in [2.45, 2.75) is 31.6 Å². The van der Waals surface area contributed by atoms with E-state index in [0.29, 0.717) is 25.9 Å². The molecule has 1 aliphatic heterocycles. The Morgan fingerprint density at radius 2 is 2.11 bits per heavy atom. The molecule has 0 spiro atoms. The number of alkyl halides is 1. The number of carbonyl (C=O) groups excluding carboxylic acids is 1. The van der Waals surface area contributed by atoms with Crippen LogP contribution < -0.4 is 0 Å². The zero-order valence-electron chi connectivity index (χ0n) is 10.5. The summed E-state index contributed by atoms with van der Waals surface area (Å²) < 4.78 is 18.3. The van der Waals surface area contributed by atoms with Crippen LogP contribution in [0.1, 0.15) is 18.4 Å². The Bertz CT molecular complexity index is 396. The highest BCUT2D eigenvalue weighted by Crippen LogP contribution is 2.22. The van der Waals surface area contributed by atoms with Gasteiger partial charge in [-0.05, 0) is 18.4 Å². The second-order valence-corrected chi connectivity index (χ2v) is 4.63. The zero-order valence-corrected chi connectivity index (χ0v) is 10.5. The van der Waals surface area contributed by atoms with Gasteiger partial charge in [-0.2, -0.15) is 0 Å². The second kappa shape index (κ2) is 5.96. The van der Waals surface area contributed by atoms with Crippen LogP contribution in [0.25, 0.3) is 0 Å². The normalized spacial score (nSPS) is 24.8. The molecule has 0 aliphatic carbocycles. The average Bonchev–Trinajstić information content (AvgIpc) is 2.39. The lowest BCUT2D eigenvalue weighted by Gasteiger charge is -2.35. The molecular formula is C14H18FNO2. The molecule has 0 amide bonds. The third-order valence-corrected chi connectivity index (χ3v) is 3.33. The van der Waals surface area contributed by atoms with Crippen LogP contribution in [0.15, 0.2) is 30.3 Å². The van der Waals surface area contributed by atoms with Crippen molar-refractivity contribution in [1.29, 1.82) is 0 Å². The summed E-state index contributed by atoms with van der Waals surface area (Å²) in [6.45, 7) is 0.885. The van der Waals surface area contributed by atoms with Crippen molar-refractivity contribution in [2.75, 3.05) is 13.7 Å². The standard InChI is InChI=1S/C14H18FNO2/c1-18-14(17)13-8-7-12(15)10-16(13)9-11-5-3-2-4-6-11/h2-6,12-13H,7-10H2,1H3.